The number of methoxy groups -OCH3 is 1. The van der Waals surface area contributed by atoms with Gasteiger partial charge in [-0.2, -0.15) is 0 Å². The number of rotatable bonds is 4. The summed E-state index contributed by atoms with van der Waals surface area (Å²) < 4.78 is 10.7. The highest BCUT2D eigenvalue weighted by Crippen LogP contribution is 2.17. The van der Waals surface area contributed by atoms with Crippen LogP contribution in [-0.2, 0) is 4.74 Å². The SMILES string of the molecule is COc1ccc(C(N)CN2CCOC(C)C2)cc1. The fourth-order valence-electron chi connectivity index (χ4n) is 2.29. The van der Waals surface area contributed by atoms with Crippen LogP contribution in [0.4, 0.5) is 0 Å². The van der Waals surface area contributed by atoms with Crippen LogP contribution in [0.5, 0.6) is 5.75 Å². The molecule has 0 aromatic heterocycles. The molecule has 2 atom stereocenters. The molecule has 0 amide bonds. The van der Waals surface area contributed by atoms with Crippen LogP contribution in [0.2, 0.25) is 0 Å². The van der Waals surface area contributed by atoms with Gasteiger partial charge in [0.25, 0.3) is 0 Å². The summed E-state index contributed by atoms with van der Waals surface area (Å²) in [4.78, 5) is 2.36. The normalized spacial score (nSPS) is 22.7. The van der Waals surface area contributed by atoms with E-state index in [1.165, 1.54) is 0 Å². The molecule has 100 valence electrons. The van der Waals surface area contributed by atoms with Crippen LogP contribution in [0.25, 0.3) is 0 Å². The van der Waals surface area contributed by atoms with Gasteiger partial charge in [0.1, 0.15) is 5.75 Å². The molecule has 1 heterocycles. The average Bonchev–Trinajstić information content (AvgIpc) is 2.39. The Kier molecular flexibility index (Phi) is 4.58. The van der Waals surface area contributed by atoms with Gasteiger partial charge >= 0.3 is 0 Å². The Bertz CT molecular complexity index is 367. The summed E-state index contributed by atoms with van der Waals surface area (Å²) in [6.45, 7) is 5.71. The lowest BCUT2D eigenvalue weighted by molar-refractivity contribution is -0.0199. The maximum atomic E-state index is 6.24. The molecule has 0 saturated carbocycles. The topological polar surface area (TPSA) is 47.7 Å². The second kappa shape index (κ2) is 6.18. The number of hydrogen-bond acceptors (Lipinski definition) is 4. The van der Waals surface area contributed by atoms with Crippen LogP contribution >= 0.6 is 0 Å². The van der Waals surface area contributed by atoms with Crippen molar-refractivity contribution in [1.29, 1.82) is 0 Å². The summed E-state index contributed by atoms with van der Waals surface area (Å²) >= 11 is 0. The van der Waals surface area contributed by atoms with Gasteiger partial charge < -0.3 is 15.2 Å². The molecular weight excluding hydrogens is 228 g/mol. The van der Waals surface area contributed by atoms with Crippen molar-refractivity contribution in [2.24, 2.45) is 5.73 Å². The molecule has 1 aliphatic heterocycles. The molecule has 4 nitrogen and oxygen atoms in total. The molecule has 1 saturated heterocycles. The third-order valence-corrected chi connectivity index (χ3v) is 3.32. The van der Waals surface area contributed by atoms with Crippen molar-refractivity contribution < 1.29 is 9.47 Å². The van der Waals surface area contributed by atoms with Crippen molar-refractivity contribution in [3.63, 3.8) is 0 Å². The van der Waals surface area contributed by atoms with Crippen LogP contribution in [0.1, 0.15) is 18.5 Å². The van der Waals surface area contributed by atoms with Crippen LogP contribution in [0.3, 0.4) is 0 Å². The summed E-state index contributed by atoms with van der Waals surface area (Å²) in [5.74, 6) is 0.867. The van der Waals surface area contributed by atoms with Crippen LogP contribution in [0.15, 0.2) is 24.3 Å². The van der Waals surface area contributed by atoms with Gasteiger partial charge in [-0.1, -0.05) is 12.1 Å². The monoisotopic (exact) mass is 250 g/mol. The highest BCUT2D eigenvalue weighted by Gasteiger charge is 2.19. The zero-order valence-electron chi connectivity index (χ0n) is 11.1. The zero-order chi connectivity index (χ0) is 13.0. The highest BCUT2D eigenvalue weighted by molar-refractivity contribution is 5.29. The maximum Gasteiger partial charge on any atom is 0.118 e. The minimum absolute atomic E-state index is 0.0428. The van der Waals surface area contributed by atoms with Crippen molar-refractivity contribution in [3.05, 3.63) is 29.8 Å². The van der Waals surface area contributed by atoms with E-state index in [-0.39, 0.29) is 6.04 Å². The first-order valence-electron chi connectivity index (χ1n) is 6.42. The lowest BCUT2D eigenvalue weighted by atomic mass is 10.1. The molecule has 2 N–H and O–H groups in total. The molecule has 0 spiro atoms. The van der Waals surface area contributed by atoms with Gasteiger partial charge in [-0.15, -0.1) is 0 Å². The second-order valence-electron chi connectivity index (χ2n) is 4.82. The summed E-state index contributed by atoms with van der Waals surface area (Å²) in [6.07, 6.45) is 0.307. The molecule has 1 aliphatic rings. The highest BCUT2D eigenvalue weighted by atomic mass is 16.5. The Balaban J connectivity index is 1.91. The smallest absolute Gasteiger partial charge is 0.118 e. The molecule has 2 unspecified atom stereocenters. The predicted octanol–water partition coefficient (Wildman–Crippen LogP) is 1.42. The Labute approximate surface area is 109 Å². The first kappa shape index (κ1) is 13.3. The predicted molar refractivity (Wildman–Crippen MR) is 71.8 cm³/mol. The zero-order valence-corrected chi connectivity index (χ0v) is 11.1. The molecule has 1 fully saturated rings. The number of hydrogen-bond donors (Lipinski definition) is 1. The Morgan fingerprint density at radius 3 is 2.78 bits per heavy atom. The van der Waals surface area contributed by atoms with Crippen LogP contribution in [0, 0.1) is 0 Å². The molecular formula is C14H22N2O2. The van der Waals surface area contributed by atoms with Gasteiger partial charge in [0, 0.05) is 25.7 Å². The number of morpholine rings is 1. The molecule has 1 aromatic carbocycles. The number of nitrogens with zero attached hydrogens (tertiary/aromatic N) is 1. The fourth-order valence-corrected chi connectivity index (χ4v) is 2.29. The van der Waals surface area contributed by atoms with Crippen molar-refractivity contribution >= 4 is 0 Å². The van der Waals surface area contributed by atoms with Crippen molar-refractivity contribution in [3.8, 4) is 5.75 Å². The van der Waals surface area contributed by atoms with E-state index in [0.717, 1.165) is 37.6 Å². The van der Waals surface area contributed by atoms with E-state index < -0.39 is 0 Å². The minimum Gasteiger partial charge on any atom is -0.497 e. The molecule has 1 aromatic rings. The van der Waals surface area contributed by atoms with Crippen molar-refractivity contribution in [1.82, 2.24) is 4.90 Å². The molecule has 0 bridgehead atoms. The average molecular weight is 250 g/mol. The molecule has 4 heteroatoms. The summed E-state index contributed by atoms with van der Waals surface area (Å²) in [5.41, 5.74) is 7.39. The minimum atomic E-state index is 0.0428. The standard InChI is InChI=1S/C14H22N2O2/c1-11-9-16(7-8-18-11)10-14(15)12-3-5-13(17-2)6-4-12/h3-6,11,14H,7-10,15H2,1-2H3. The number of benzene rings is 1. The van der Waals surface area contributed by atoms with E-state index in [0.29, 0.717) is 6.10 Å². The quantitative estimate of drug-likeness (QED) is 0.878. The Morgan fingerprint density at radius 2 is 2.17 bits per heavy atom. The Hall–Kier alpha value is -1.10. The van der Waals surface area contributed by atoms with E-state index in [4.69, 9.17) is 15.2 Å². The molecule has 0 radical (unpaired) electrons. The van der Waals surface area contributed by atoms with Gasteiger partial charge in [-0.3, -0.25) is 4.90 Å². The third-order valence-electron chi connectivity index (χ3n) is 3.32. The summed E-state index contributed by atoms with van der Waals surface area (Å²) in [6, 6.07) is 8.02. The molecule has 2 rings (SSSR count). The van der Waals surface area contributed by atoms with Crippen LogP contribution in [-0.4, -0.2) is 44.4 Å². The van der Waals surface area contributed by atoms with Gasteiger partial charge in [0.05, 0.1) is 19.8 Å². The Morgan fingerprint density at radius 1 is 1.44 bits per heavy atom. The van der Waals surface area contributed by atoms with Crippen molar-refractivity contribution in [2.75, 3.05) is 33.4 Å². The lowest BCUT2D eigenvalue weighted by Crippen LogP contribution is -2.44. The number of ether oxygens (including phenoxy) is 2. The van der Waals surface area contributed by atoms with Gasteiger partial charge in [0.15, 0.2) is 0 Å². The van der Waals surface area contributed by atoms with E-state index in [1.807, 2.05) is 24.3 Å². The second-order valence-corrected chi connectivity index (χ2v) is 4.82. The maximum absolute atomic E-state index is 6.24. The van der Waals surface area contributed by atoms with Gasteiger partial charge in [-0.25, -0.2) is 0 Å². The van der Waals surface area contributed by atoms with E-state index >= 15 is 0 Å². The summed E-state index contributed by atoms with van der Waals surface area (Å²) in [7, 11) is 1.67. The number of nitrogens with two attached hydrogens (primary N) is 1. The van der Waals surface area contributed by atoms with E-state index in [9.17, 15) is 0 Å². The first-order chi connectivity index (χ1) is 8.69. The largest absolute Gasteiger partial charge is 0.497 e. The van der Waals surface area contributed by atoms with Gasteiger partial charge in [-0.05, 0) is 24.6 Å². The van der Waals surface area contributed by atoms with Crippen LogP contribution < -0.4 is 10.5 Å². The molecule has 0 aliphatic carbocycles. The van der Waals surface area contributed by atoms with Crippen molar-refractivity contribution in [2.45, 2.75) is 19.1 Å². The lowest BCUT2D eigenvalue weighted by Gasteiger charge is -2.32. The first-order valence-corrected chi connectivity index (χ1v) is 6.42. The summed E-state index contributed by atoms with van der Waals surface area (Å²) in [5, 5.41) is 0. The third kappa shape index (κ3) is 3.45. The van der Waals surface area contributed by atoms with E-state index in [1.54, 1.807) is 7.11 Å². The van der Waals surface area contributed by atoms with Gasteiger partial charge in [0.2, 0.25) is 0 Å². The fraction of sp³-hybridized carbons (Fsp3) is 0.571. The molecule has 18 heavy (non-hydrogen) atoms. The van der Waals surface area contributed by atoms with E-state index in [2.05, 4.69) is 11.8 Å².